The minimum absolute atomic E-state index is 0. The molecule has 3 rings (SSSR count). The number of nitrogens with two attached hydrogens (primary N) is 1. The van der Waals surface area contributed by atoms with Gasteiger partial charge in [0.1, 0.15) is 0 Å². The van der Waals surface area contributed by atoms with Crippen molar-refractivity contribution < 1.29 is 4.79 Å². The maximum atomic E-state index is 12.5. The molecular weight excluding hydrogens is 331 g/mol. The van der Waals surface area contributed by atoms with E-state index in [0.29, 0.717) is 10.6 Å². The molecule has 0 aliphatic heterocycles. The first-order valence-electron chi connectivity index (χ1n) is 7.50. The molecule has 2 aromatic rings. The molecule has 0 heterocycles. The van der Waals surface area contributed by atoms with Crippen molar-refractivity contribution >= 4 is 35.6 Å². The number of halogens is 2. The highest BCUT2D eigenvalue weighted by Gasteiger charge is 2.22. The Kier molecular flexibility index (Phi) is 5.55. The van der Waals surface area contributed by atoms with E-state index in [9.17, 15) is 4.79 Å². The lowest BCUT2D eigenvalue weighted by atomic mass is 9.87. The van der Waals surface area contributed by atoms with Crippen molar-refractivity contribution in [2.24, 2.45) is 0 Å². The van der Waals surface area contributed by atoms with Crippen LogP contribution in [0.15, 0.2) is 36.4 Å². The fourth-order valence-corrected chi connectivity index (χ4v) is 3.13. The summed E-state index contributed by atoms with van der Waals surface area (Å²) in [6, 6.07) is 11.3. The van der Waals surface area contributed by atoms with Crippen LogP contribution in [0.2, 0.25) is 5.02 Å². The van der Waals surface area contributed by atoms with Gasteiger partial charge in [0.05, 0.1) is 6.04 Å². The summed E-state index contributed by atoms with van der Waals surface area (Å²) in [5.74, 6) is -0.0607. The summed E-state index contributed by atoms with van der Waals surface area (Å²) in [6.07, 6.45) is 3.03. The van der Waals surface area contributed by atoms with Crippen molar-refractivity contribution in [2.75, 3.05) is 5.73 Å². The Morgan fingerprint density at radius 3 is 2.78 bits per heavy atom. The van der Waals surface area contributed by atoms with E-state index >= 15 is 0 Å². The quantitative estimate of drug-likeness (QED) is 0.785. The number of hydrogen-bond donors (Lipinski definition) is 2. The Hall–Kier alpha value is -1.71. The second kappa shape index (κ2) is 7.24. The number of carbonyl (C=O) groups is 1. The first-order valence-corrected chi connectivity index (χ1v) is 7.87. The van der Waals surface area contributed by atoms with Gasteiger partial charge in [0.15, 0.2) is 0 Å². The number of nitrogen functional groups attached to an aromatic ring is 1. The number of carbonyl (C=O) groups excluding carboxylic acids is 1. The van der Waals surface area contributed by atoms with Gasteiger partial charge < -0.3 is 11.1 Å². The van der Waals surface area contributed by atoms with Crippen LogP contribution in [-0.4, -0.2) is 5.91 Å². The number of rotatable bonds is 2. The Bertz CT molecular complexity index is 731. The summed E-state index contributed by atoms with van der Waals surface area (Å²) < 4.78 is 0. The van der Waals surface area contributed by atoms with Crippen molar-refractivity contribution in [3.05, 3.63) is 63.7 Å². The summed E-state index contributed by atoms with van der Waals surface area (Å²) in [5, 5.41) is 3.81. The van der Waals surface area contributed by atoms with Gasteiger partial charge in [-0.15, -0.1) is 12.4 Å². The van der Waals surface area contributed by atoms with Gasteiger partial charge in [-0.2, -0.15) is 0 Å². The number of nitrogens with one attached hydrogen (secondary N) is 1. The summed E-state index contributed by atoms with van der Waals surface area (Å²) in [5.41, 5.74) is 10.6. The van der Waals surface area contributed by atoms with Gasteiger partial charge in [0, 0.05) is 16.3 Å². The molecule has 1 amide bonds. The van der Waals surface area contributed by atoms with Crippen molar-refractivity contribution in [3.63, 3.8) is 0 Å². The molecule has 0 aromatic heterocycles. The smallest absolute Gasteiger partial charge is 0.251 e. The molecule has 1 aliphatic carbocycles. The van der Waals surface area contributed by atoms with Gasteiger partial charge in [0.25, 0.3) is 5.91 Å². The van der Waals surface area contributed by atoms with Crippen LogP contribution in [-0.2, 0) is 6.42 Å². The molecule has 0 radical (unpaired) electrons. The molecule has 1 unspecified atom stereocenters. The van der Waals surface area contributed by atoms with E-state index in [-0.39, 0.29) is 24.4 Å². The molecule has 0 saturated heterocycles. The van der Waals surface area contributed by atoms with E-state index < -0.39 is 0 Å². The highest BCUT2D eigenvalue weighted by molar-refractivity contribution is 6.31. The Balaban J connectivity index is 0.00000192. The van der Waals surface area contributed by atoms with E-state index in [0.717, 1.165) is 30.5 Å². The zero-order valence-corrected chi connectivity index (χ0v) is 14.5. The molecule has 0 spiro atoms. The second-order valence-corrected chi connectivity index (χ2v) is 6.25. The van der Waals surface area contributed by atoms with E-state index in [1.807, 2.05) is 31.2 Å². The molecule has 3 nitrogen and oxygen atoms in total. The minimum atomic E-state index is -0.0607. The van der Waals surface area contributed by atoms with E-state index in [1.165, 1.54) is 11.1 Å². The minimum Gasteiger partial charge on any atom is -0.399 e. The molecule has 0 bridgehead atoms. The van der Waals surface area contributed by atoms with Gasteiger partial charge in [-0.1, -0.05) is 17.7 Å². The summed E-state index contributed by atoms with van der Waals surface area (Å²) in [7, 11) is 0. The van der Waals surface area contributed by atoms with Crippen LogP contribution in [0.25, 0.3) is 0 Å². The lowest BCUT2D eigenvalue weighted by Crippen LogP contribution is -2.31. The number of aryl methyl sites for hydroxylation is 2. The number of hydrogen-bond acceptors (Lipinski definition) is 2. The van der Waals surface area contributed by atoms with Crippen molar-refractivity contribution in [1.82, 2.24) is 5.32 Å². The average Bonchev–Trinajstić information content (AvgIpc) is 2.50. The first kappa shape index (κ1) is 17.6. The maximum absolute atomic E-state index is 12.5. The second-order valence-electron chi connectivity index (χ2n) is 5.84. The third kappa shape index (κ3) is 3.80. The lowest BCUT2D eigenvalue weighted by molar-refractivity contribution is 0.0932. The number of anilines is 1. The van der Waals surface area contributed by atoms with E-state index in [4.69, 9.17) is 17.3 Å². The van der Waals surface area contributed by atoms with E-state index in [2.05, 4.69) is 5.32 Å². The van der Waals surface area contributed by atoms with E-state index in [1.54, 1.807) is 12.1 Å². The Labute approximate surface area is 147 Å². The molecule has 5 heteroatoms. The van der Waals surface area contributed by atoms with Crippen LogP contribution < -0.4 is 11.1 Å². The van der Waals surface area contributed by atoms with Crippen LogP contribution in [0, 0.1) is 6.92 Å². The topological polar surface area (TPSA) is 55.1 Å². The molecule has 2 aromatic carbocycles. The van der Waals surface area contributed by atoms with Crippen molar-refractivity contribution in [1.29, 1.82) is 0 Å². The van der Waals surface area contributed by atoms with Gasteiger partial charge in [-0.3, -0.25) is 4.79 Å². The number of amides is 1. The Morgan fingerprint density at radius 2 is 2.04 bits per heavy atom. The van der Waals surface area contributed by atoms with Gasteiger partial charge >= 0.3 is 0 Å². The van der Waals surface area contributed by atoms with Gasteiger partial charge in [-0.05, 0) is 73.2 Å². The third-order valence-corrected chi connectivity index (χ3v) is 4.63. The molecule has 1 atom stereocenters. The largest absolute Gasteiger partial charge is 0.399 e. The van der Waals surface area contributed by atoms with Crippen molar-refractivity contribution in [2.45, 2.75) is 32.2 Å². The fraction of sp³-hybridized carbons (Fsp3) is 0.278. The zero-order valence-electron chi connectivity index (χ0n) is 12.9. The van der Waals surface area contributed by atoms with Crippen LogP contribution in [0.1, 0.15) is 45.9 Å². The molecular formula is C18H20Cl2N2O. The fourth-order valence-electron chi connectivity index (χ4n) is 3.01. The molecule has 3 N–H and O–H groups in total. The molecule has 1 aliphatic rings. The Morgan fingerprint density at radius 1 is 1.26 bits per heavy atom. The number of benzene rings is 2. The summed E-state index contributed by atoms with van der Waals surface area (Å²) in [6.45, 7) is 1.90. The molecule has 122 valence electrons. The SMILES string of the molecule is Cc1cc(C(=O)NC2CCCc3cc(N)ccc32)ccc1Cl.Cl. The van der Waals surface area contributed by atoms with Gasteiger partial charge in [-0.25, -0.2) is 0 Å². The standard InChI is InChI=1S/C18H19ClN2O.ClH/c1-11-9-13(5-8-16(11)19)18(22)21-17-4-2-3-12-10-14(20)6-7-15(12)17;/h5-10,17H,2-4,20H2,1H3,(H,21,22);1H. The van der Waals surface area contributed by atoms with Crippen LogP contribution in [0.3, 0.4) is 0 Å². The monoisotopic (exact) mass is 350 g/mol. The van der Waals surface area contributed by atoms with Crippen LogP contribution >= 0.6 is 24.0 Å². The molecule has 0 fully saturated rings. The lowest BCUT2D eigenvalue weighted by Gasteiger charge is -2.26. The number of fused-ring (bicyclic) bond motifs is 1. The highest BCUT2D eigenvalue weighted by Crippen LogP contribution is 2.31. The molecule has 0 saturated carbocycles. The summed E-state index contributed by atoms with van der Waals surface area (Å²) >= 11 is 6.02. The molecule has 23 heavy (non-hydrogen) atoms. The maximum Gasteiger partial charge on any atom is 0.251 e. The normalized spacial score (nSPS) is 16.2. The van der Waals surface area contributed by atoms with Gasteiger partial charge in [0.2, 0.25) is 0 Å². The predicted octanol–water partition coefficient (Wildman–Crippen LogP) is 4.46. The van der Waals surface area contributed by atoms with Crippen molar-refractivity contribution in [3.8, 4) is 0 Å². The average molecular weight is 351 g/mol. The first-order chi connectivity index (χ1) is 10.5. The van der Waals surface area contributed by atoms with Crippen LogP contribution in [0.4, 0.5) is 5.69 Å². The third-order valence-electron chi connectivity index (χ3n) is 4.21. The highest BCUT2D eigenvalue weighted by atomic mass is 35.5. The predicted molar refractivity (Wildman–Crippen MR) is 97.4 cm³/mol. The summed E-state index contributed by atoms with van der Waals surface area (Å²) in [4.78, 5) is 12.5. The van der Waals surface area contributed by atoms with Crippen LogP contribution in [0.5, 0.6) is 0 Å². The zero-order chi connectivity index (χ0) is 15.7.